The number of nitrogens with zero attached hydrogens (tertiary/aromatic N) is 1. The van der Waals surface area contributed by atoms with Crippen LogP contribution in [0, 0.1) is 5.41 Å². The fraction of sp³-hybridized carbons (Fsp3) is 0.923. The standard InChI is InChI=1S/C13H26N2O/c1-4-11-8-6-5-7-9-15(11)12(16)13(2,3)10-14/h11H,4-10,14H2,1-3H3. The van der Waals surface area contributed by atoms with Crippen molar-refractivity contribution < 1.29 is 4.79 Å². The van der Waals surface area contributed by atoms with Crippen molar-refractivity contribution in [2.75, 3.05) is 13.1 Å². The van der Waals surface area contributed by atoms with Crippen LogP contribution < -0.4 is 5.73 Å². The molecule has 1 saturated heterocycles. The zero-order valence-corrected chi connectivity index (χ0v) is 11.0. The molecule has 0 saturated carbocycles. The van der Waals surface area contributed by atoms with Gasteiger partial charge in [-0.1, -0.05) is 19.8 Å². The summed E-state index contributed by atoms with van der Waals surface area (Å²) in [5, 5.41) is 0. The maximum atomic E-state index is 12.4. The second-order valence-corrected chi connectivity index (χ2v) is 5.50. The summed E-state index contributed by atoms with van der Waals surface area (Å²) >= 11 is 0. The van der Waals surface area contributed by atoms with Gasteiger partial charge in [0.05, 0.1) is 5.41 Å². The molecule has 1 aliphatic rings. The third-order valence-corrected chi connectivity index (χ3v) is 3.70. The van der Waals surface area contributed by atoms with Crippen LogP contribution in [0.5, 0.6) is 0 Å². The number of carbonyl (C=O) groups is 1. The maximum absolute atomic E-state index is 12.4. The van der Waals surface area contributed by atoms with Crippen molar-refractivity contribution in [3.8, 4) is 0 Å². The van der Waals surface area contributed by atoms with Crippen molar-refractivity contribution in [1.82, 2.24) is 4.90 Å². The topological polar surface area (TPSA) is 46.3 Å². The van der Waals surface area contributed by atoms with Gasteiger partial charge >= 0.3 is 0 Å². The molecule has 16 heavy (non-hydrogen) atoms. The zero-order valence-electron chi connectivity index (χ0n) is 11.0. The lowest BCUT2D eigenvalue weighted by atomic mass is 9.90. The first-order valence-corrected chi connectivity index (χ1v) is 6.54. The summed E-state index contributed by atoms with van der Waals surface area (Å²) in [5.74, 6) is 0.240. The highest BCUT2D eigenvalue weighted by Crippen LogP contribution is 2.25. The summed E-state index contributed by atoms with van der Waals surface area (Å²) in [4.78, 5) is 14.5. The van der Waals surface area contributed by atoms with E-state index in [9.17, 15) is 4.79 Å². The highest BCUT2D eigenvalue weighted by atomic mass is 16.2. The Morgan fingerprint density at radius 3 is 2.62 bits per heavy atom. The second kappa shape index (κ2) is 5.67. The van der Waals surface area contributed by atoms with Crippen molar-refractivity contribution in [3.63, 3.8) is 0 Å². The number of nitrogens with two attached hydrogens (primary N) is 1. The number of hydrogen-bond donors (Lipinski definition) is 1. The van der Waals surface area contributed by atoms with Crippen LogP contribution in [0.15, 0.2) is 0 Å². The van der Waals surface area contributed by atoms with Crippen molar-refractivity contribution in [2.45, 2.75) is 58.9 Å². The van der Waals surface area contributed by atoms with E-state index in [1.54, 1.807) is 0 Å². The van der Waals surface area contributed by atoms with Gasteiger partial charge in [-0.25, -0.2) is 0 Å². The van der Waals surface area contributed by atoms with Crippen LogP contribution in [0.3, 0.4) is 0 Å². The molecule has 3 heteroatoms. The fourth-order valence-corrected chi connectivity index (χ4v) is 2.35. The lowest BCUT2D eigenvalue weighted by Gasteiger charge is -2.35. The molecule has 94 valence electrons. The van der Waals surface area contributed by atoms with Gasteiger partial charge in [0.15, 0.2) is 0 Å². The predicted octanol–water partition coefficient (Wildman–Crippen LogP) is 2.15. The Kier molecular flexibility index (Phi) is 4.78. The molecule has 0 aromatic carbocycles. The molecule has 0 aromatic rings. The predicted molar refractivity (Wildman–Crippen MR) is 67.1 cm³/mol. The third-order valence-electron chi connectivity index (χ3n) is 3.70. The lowest BCUT2D eigenvalue weighted by Crippen LogP contribution is -2.49. The van der Waals surface area contributed by atoms with Gasteiger partial charge in [-0.3, -0.25) is 4.79 Å². The van der Waals surface area contributed by atoms with Crippen LogP contribution in [0.25, 0.3) is 0 Å². The van der Waals surface area contributed by atoms with E-state index in [1.807, 2.05) is 13.8 Å². The van der Waals surface area contributed by atoms with E-state index in [4.69, 9.17) is 5.73 Å². The number of amides is 1. The Balaban J connectivity index is 2.77. The van der Waals surface area contributed by atoms with Crippen LogP contribution in [-0.4, -0.2) is 29.9 Å². The Morgan fingerprint density at radius 1 is 1.38 bits per heavy atom. The van der Waals surface area contributed by atoms with Gasteiger partial charge in [-0.05, 0) is 33.1 Å². The first-order chi connectivity index (χ1) is 7.53. The van der Waals surface area contributed by atoms with Gasteiger partial charge in [0.1, 0.15) is 0 Å². The summed E-state index contributed by atoms with van der Waals surface area (Å²) in [6.45, 7) is 7.42. The lowest BCUT2D eigenvalue weighted by molar-refractivity contribution is -0.142. The highest BCUT2D eigenvalue weighted by Gasteiger charge is 2.34. The Labute approximate surface area is 99.4 Å². The van der Waals surface area contributed by atoms with E-state index in [-0.39, 0.29) is 5.91 Å². The van der Waals surface area contributed by atoms with Crippen LogP contribution in [0.2, 0.25) is 0 Å². The van der Waals surface area contributed by atoms with Gasteiger partial charge in [-0.2, -0.15) is 0 Å². The average molecular weight is 226 g/mol. The van der Waals surface area contributed by atoms with Crippen LogP contribution in [-0.2, 0) is 4.79 Å². The molecule has 0 aliphatic carbocycles. The number of rotatable bonds is 3. The van der Waals surface area contributed by atoms with Gasteiger partial charge in [0.2, 0.25) is 5.91 Å². The van der Waals surface area contributed by atoms with E-state index in [1.165, 1.54) is 12.8 Å². The van der Waals surface area contributed by atoms with Gasteiger partial charge in [0.25, 0.3) is 0 Å². The molecule has 1 fully saturated rings. The molecule has 1 atom stereocenters. The minimum atomic E-state index is -0.405. The summed E-state index contributed by atoms with van der Waals surface area (Å²) in [5.41, 5.74) is 5.29. The molecule has 2 N–H and O–H groups in total. The summed E-state index contributed by atoms with van der Waals surface area (Å²) in [7, 11) is 0. The first-order valence-electron chi connectivity index (χ1n) is 6.54. The van der Waals surface area contributed by atoms with Gasteiger partial charge in [0, 0.05) is 19.1 Å². The van der Waals surface area contributed by atoms with E-state index < -0.39 is 5.41 Å². The maximum Gasteiger partial charge on any atom is 0.229 e. The van der Waals surface area contributed by atoms with Crippen LogP contribution >= 0.6 is 0 Å². The zero-order chi connectivity index (χ0) is 12.2. The molecule has 0 spiro atoms. The third kappa shape index (κ3) is 2.97. The number of hydrogen-bond acceptors (Lipinski definition) is 2. The first kappa shape index (κ1) is 13.5. The molecular formula is C13H26N2O. The van der Waals surface area contributed by atoms with E-state index in [2.05, 4.69) is 11.8 Å². The van der Waals surface area contributed by atoms with Crippen LogP contribution in [0.1, 0.15) is 52.9 Å². The van der Waals surface area contributed by atoms with Crippen LogP contribution in [0.4, 0.5) is 0 Å². The highest BCUT2D eigenvalue weighted by molar-refractivity contribution is 5.82. The molecule has 1 amide bonds. The normalized spacial score (nSPS) is 23.0. The Bertz CT molecular complexity index is 238. The average Bonchev–Trinajstić information content (AvgIpc) is 2.52. The molecule has 0 radical (unpaired) electrons. The molecule has 0 bridgehead atoms. The van der Waals surface area contributed by atoms with Crippen molar-refractivity contribution in [2.24, 2.45) is 11.1 Å². The van der Waals surface area contributed by atoms with E-state index in [0.717, 1.165) is 25.8 Å². The summed E-state index contributed by atoms with van der Waals surface area (Å²) in [6.07, 6.45) is 5.87. The monoisotopic (exact) mass is 226 g/mol. The Morgan fingerprint density at radius 2 is 2.06 bits per heavy atom. The number of likely N-dealkylation sites (tertiary alicyclic amines) is 1. The molecule has 3 nitrogen and oxygen atoms in total. The molecular weight excluding hydrogens is 200 g/mol. The quantitative estimate of drug-likeness (QED) is 0.801. The molecule has 1 unspecified atom stereocenters. The minimum absolute atomic E-state index is 0.240. The smallest absolute Gasteiger partial charge is 0.229 e. The molecule has 1 aliphatic heterocycles. The van der Waals surface area contributed by atoms with Crippen molar-refractivity contribution in [1.29, 1.82) is 0 Å². The SMILES string of the molecule is CCC1CCCCCN1C(=O)C(C)(C)CN. The van der Waals surface area contributed by atoms with E-state index in [0.29, 0.717) is 12.6 Å². The molecule has 1 heterocycles. The van der Waals surface area contributed by atoms with Crippen molar-refractivity contribution >= 4 is 5.91 Å². The molecule has 1 rings (SSSR count). The van der Waals surface area contributed by atoms with Gasteiger partial charge in [-0.15, -0.1) is 0 Å². The summed E-state index contributed by atoms with van der Waals surface area (Å²) in [6, 6.07) is 0.431. The second-order valence-electron chi connectivity index (χ2n) is 5.50. The van der Waals surface area contributed by atoms with Gasteiger partial charge < -0.3 is 10.6 Å². The minimum Gasteiger partial charge on any atom is -0.339 e. The van der Waals surface area contributed by atoms with Crippen molar-refractivity contribution in [3.05, 3.63) is 0 Å². The number of carbonyl (C=O) groups excluding carboxylic acids is 1. The molecule has 0 aromatic heterocycles. The Hall–Kier alpha value is -0.570. The fourth-order valence-electron chi connectivity index (χ4n) is 2.35. The largest absolute Gasteiger partial charge is 0.339 e. The summed E-state index contributed by atoms with van der Waals surface area (Å²) < 4.78 is 0. The van der Waals surface area contributed by atoms with E-state index >= 15 is 0 Å².